The molecule has 0 bridgehead atoms. The summed E-state index contributed by atoms with van der Waals surface area (Å²) in [5, 5.41) is 0. The SMILES string of the molecule is Cc1ccc(C2=C(SCc3ccco3)C(=O)N(Cc3ccc4c(c3)OCO4)C2=O)cc1. The minimum absolute atomic E-state index is 0.161. The molecule has 31 heavy (non-hydrogen) atoms. The van der Waals surface area contributed by atoms with Gasteiger partial charge in [-0.1, -0.05) is 35.9 Å². The number of aryl methyl sites for hydroxylation is 1. The number of imide groups is 1. The summed E-state index contributed by atoms with van der Waals surface area (Å²) >= 11 is 1.32. The van der Waals surface area contributed by atoms with E-state index in [0.29, 0.717) is 27.7 Å². The van der Waals surface area contributed by atoms with Crippen LogP contribution in [0.1, 0.15) is 22.5 Å². The highest BCUT2D eigenvalue weighted by Crippen LogP contribution is 2.39. The Balaban J connectivity index is 1.46. The molecule has 3 aromatic rings. The zero-order valence-corrected chi connectivity index (χ0v) is 17.6. The summed E-state index contributed by atoms with van der Waals surface area (Å²) < 4.78 is 16.2. The lowest BCUT2D eigenvalue weighted by molar-refractivity contribution is -0.137. The van der Waals surface area contributed by atoms with E-state index in [2.05, 4.69) is 0 Å². The third kappa shape index (κ3) is 3.72. The fourth-order valence-electron chi connectivity index (χ4n) is 3.57. The average Bonchev–Trinajstić information content (AvgIpc) is 3.50. The molecule has 2 aliphatic heterocycles. The van der Waals surface area contributed by atoms with Crippen molar-refractivity contribution in [2.45, 2.75) is 19.2 Å². The first-order chi connectivity index (χ1) is 15.1. The van der Waals surface area contributed by atoms with Gasteiger partial charge in [-0.2, -0.15) is 0 Å². The predicted octanol–water partition coefficient (Wildman–Crippen LogP) is 4.53. The second kappa shape index (κ2) is 8.00. The summed E-state index contributed by atoms with van der Waals surface area (Å²) in [5.74, 6) is 1.90. The Kier molecular flexibility index (Phi) is 5.03. The maximum Gasteiger partial charge on any atom is 0.268 e. The molecule has 7 heteroatoms. The largest absolute Gasteiger partial charge is 0.468 e. The molecule has 2 aromatic carbocycles. The number of carbonyl (C=O) groups excluding carboxylic acids is 2. The van der Waals surface area contributed by atoms with E-state index < -0.39 is 0 Å². The number of benzene rings is 2. The Labute approximate surface area is 183 Å². The Hall–Kier alpha value is -3.45. The minimum Gasteiger partial charge on any atom is -0.468 e. The van der Waals surface area contributed by atoms with Crippen molar-refractivity contribution in [1.29, 1.82) is 0 Å². The summed E-state index contributed by atoms with van der Waals surface area (Å²) in [4.78, 5) is 28.4. The van der Waals surface area contributed by atoms with Crippen LogP contribution < -0.4 is 9.47 Å². The monoisotopic (exact) mass is 433 g/mol. The molecule has 1 aromatic heterocycles. The van der Waals surface area contributed by atoms with Gasteiger partial charge in [-0.3, -0.25) is 14.5 Å². The number of nitrogens with zero attached hydrogens (tertiary/aromatic N) is 1. The van der Waals surface area contributed by atoms with E-state index >= 15 is 0 Å². The smallest absolute Gasteiger partial charge is 0.268 e. The van der Waals surface area contributed by atoms with Crippen LogP contribution in [0, 0.1) is 6.92 Å². The van der Waals surface area contributed by atoms with Gasteiger partial charge < -0.3 is 13.9 Å². The van der Waals surface area contributed by atoms with E-state index in [0.717, 1.165) is 22.5 Å². The Bertz CT molecular complexity index is 1180. The Morgan fingerprint density at radius 1 is 0.968 bits per heavy atom. The van der Waals surface area contributed by atoms with Crippen molar-refractivity contribution in [3.63, 3.8) is 0 Å². The number of rotatable bonds is 6. The van der Waals surface area contributed by atoms with Crippen molar-refractivity contribution in [3.8, 4) is 11.5 Å². The van der Waals surface area contributed by atoms with Crippen LogP contribution in [0.5, 0.6) is 11.5 Å². The van der Waals surface area contributed by atoms with Crippen LogP contribution in [0.4, 0.5) is 0 Å². The highest BCUT2D eigenvalue weighted by molar-refractivity contribution is 8.03. The Morgan fingerprint density at radius 3 is 2.55 bits per heavy atom. The van der Waals surface area contributed by atoms with Crippen LogP contribution in [0.25, 0.3) is 5.57 Å². The molecule has 5 rings (SSSR count). The highest BCUT2D eigenvalue weighted by atomic mass is 32.2. The maximum atomic E-state index is 13.4. The van der Waals surface area contributed by atoms with Gasteiger partial charge in [0.05, 0.1) is 29.0 Å². The number of ether oxygens (including phenoxy) is 2. The second-order valence-corrected chi connectivity index (χ2v) is 8.31. The molecule has 6 nitrogen and oxygen atoms in total. The standard InChI is InChI=1S/C24H19NO5S/c1-15-4-7-17(8-5-15)21-22(31-13-18-3-2-10-28-18)24(27)25(23(21)26)12-16-6-9-19-20(11-16)30-14-29-19/h2-11H,12-14H2,1H3. The highest BCUT2D eigenvalue weighted by Gasteiger charge is 2.39. The van der Waals surface area contributed by atoms with Crippen molar-refractivity contribution in [1.82, 2.24) is 4.90 Å². The average molecular weight is 433 g/mol. The van der Waals surface area contributed by atoms with Gasteiger partial charge in [0.25, 0.3) is 11.8 Å². The van der Waals surface area contributed by atoms with Gasteiger partial charge in [0, 0.05) is 0 Å². The molecular formula is C24H19NO5S. The number of fused-ring (bicyclic) bond motifs is 1. The quantitative estimate of drug-likeness (QED) is 0.532. The molecule has 0 radical (unpaired) electrons. The van der Waals surface area contributed by atoms with Gasteiger partial charge in [0.1, 0.15) is 5.76 Å². The molecule has 156 valence electrons. The second-order valence-electron chi connectivity index (χ2n) is 7.32. The van der Waals surface area contributed by atoms with Gasteiger partial charge in [-0.25, -0.2) is 0 Å². The molecule has 0 aliphatic carbocycles. The van der Waals surface area contributed by atoms with E-state index in [1.165, 1.54) is 16.7 Å². The summed E-state index contributed by atoms with van der Waals surface area (Å²) in [6, 6.07) is 16.7. The minimum atomic E-state index is -0.298. The zero-order valence-electron chi connectivity index (χ0n) is 16.8. The number of thioether (sulfide) groups is 1. The van der Waals surface area contributed by atoms with Gasteiger partial charge in [0.2, 0.25) is 6.79 Å². The molecule has 0 N–H and O–H groups in total. The van der Waals surface area contributed by atoms with Crippen LogP contribution >= 0.6 is 11.8 Å². The van der Waals surface area contributed by atoms with Crippen molar-refractivity contribution in [2.75, 3.05) is 6.79 Å². The van der Waals surface area contributed by atoms with Crippen molar-refractivity contribution in [3.05, 3.63) is 88.2 Å². The first kappa shape index (κ1) is 19.5. The molecule has 3 heterocycles. The number of carbonyl (C=O) groups is 2. The van der Waals surface area contributed by atoms with Crippen LogP contribution in [0.2, 0.25) is 0 Å². The van der Waals surface area contributed by atoms with E-state index in [4.69, 9.17) is 13.9 Å². The van der Waals surface area contributed by atoms with E-state index in [1.807, 2.05) is 49.4 Å². The molecule has 0 saturated heterocycles. The number of amides is 2. The molecule has 0 fully saturated rings. The maximum absolute atomic E-state index is 13.4. The number of hydrogen-bond donors (Lipinski definition) is 0. The van der Waals surface area contributed by atoms with E-state index in [1.54, 1.807) is 18.4 Å². The van der Waals surface area contributed by atoms with Crippen LogP contribution in [-0.4, -0.2) is 23.5 Å². The van der Waals surface area contributed by atoms with Gasteiger partial charge in [0.15, 0.2) is 11.5 Å². The predicted molar refractivity (Wildman–Crippen MR) is 116 cm³/mol. The Morgan fingerprint density at radius 2 is 1.77 bits per heavy atom. The summed E-state index contributed by atoms with van der Waals surface area (Å²) in [5.41, 5.74) is 3.05. The lowest BCUT2D eigenvalue weighted by Gasteiger charge is -2.15. The molecule has 0 saturated carbocycles. The van der Waals surface area contributed by atoms with Crippen molar-refractivity contribution in [2.24, 2.45) is 0 Å². The van der Waals surface area contributed by atoms with Crippen LogP contribution in [0.3, 0.4) is 0 Å². The lowest BCUT2D eigenvalue weighted by Crippen LogP contribution is -2.30. The van der Waals surface area contributed by atoms with E-state index in [9.17, 15) is 9.59 Å². The lowest BCUT2D eigenvalue weighted by atomic mass is 10.0. The fraction of sp³-hybridized carbons (Fsp3) is 0.167. The fourth-order valence-corrected chi connectivity index (χ4v) is 4.60. The summed E-state index contributed by atoms with van der Waals surface area (Å²) in [6.45, 7) is 2.32. The summed E-state index contributed by atoms with van der Waals surface area (Å²) in [6.07, 6.45) is 1.60. The van der Waals surface area contributed by atoms with Crippen molar-refractivity contribution < 1.29 is 23.5 Å². The molecule has 0 unspecified atom stereocenters. The van der Waals surface area contributed by atoms with Gasteiger partial charge in [-0.05, 0) is 42.3 Å². The van der Waals surface area contributed by atoms with Gasteiger partial charge >= 0.3 is 0 Å². The molecule has 2 amide bonds. The summed E-state index contributed by atoms with van der Waals surface area (Å²) in [7, 11) is 0. The third-order valence-electron chi connectivity index (χ3n) is 5.18. The molecule has 0 atom stereocenters. The third-order valence-corrected chi connectivity index (χ3v) is 6.28. The topological polar surface area (TPSA) is 69.0 Å². The van der Waals surface area contributed by atoms with Gasteiger partial charge in [-0.15, -0.1) is 11.8 Å². The molecule has 2 aliphatic rings. The molecule has 0 spiro atoms. The first-order valence-electron chi connectivity index (χ1n) is 9.81. The first-order valence-corrected chi connectivity index (χ1v) is 10.8. The molecular weight excluding hydrogens is 414 g/mol. The number of furan rings is 1. The normalized spacial score (nSPS) is 15.3. The zero-order chi connectivity index (χ0) is 21.4. The number of hydrogen-bond acceptors (Lipinski definition) is 6. The van der Waals surface area contributed by atoms with E-state index in [-0.39, 0.29) is 25.2 Å². The van der Waals surface area contributed by atoms with Crippen LogP contribution in [-0.2, 0) is 21.9 Å². The van der Waals surface area contributed by atoms with Crippen LogP contribution in [0.15, 0.2) is 70.2 Å². The van der Waals surface area contributed by atoms with Crippen molar-refractivity contribution >= 4 is 29.1 Å².